The van der Waals surface area contributed by atoms with Gasteiger partial charge in [0, 0.05) is 19.3 Å². The number of rotatable bonds is 45. The van der Waals surface area contributed by atoms with Crippen molar-refractivity contribution in [3.63, 3.8) is 0 Å². The van der Waals surface area contributed by atoms with Crippen molar-refractivity contribution in [2.45, 2.75) is 206 Å². The van der Waals surface area contributed by atoms with Crippen LogP contribution in [0.4, 0.5) is 0 Å². The standard InChI is InChI=1S/C52H92NO9P/c1-6-8-10-11-12-13-14-15-16-17-18-19-20-21-22-23-26-29-32-35-39-43-51(55)59-47-50(48-61-63(57,58)60-46-45-53(3,4)5)62-52(56)44-40-36-33-30-27-24-25-28-31-34-38-42-49(54)41-37-9-7-2/h15-16,24-25,30-31,33-34,38,42,50H,6-14,17-23,26-29,32,35-37,39-41,43-48H2,1-5H3/b16-15-,25-24-,33-30-,34-31-,42-38+/t50-/m1/s1. The third-order valence-electron chi connectivity index (χ3n) is 10.5. The Bertz CT molecular complexity index is 1320. The molecule has 0 aromatic heterocycles. The Kier molecular flexibility index (Phi) is 41.5. The fourth-order valence-corrected chi connectivity index (χ4v) is 7.27. The Morgan fingerprint density at radius 1 is 0.540 bits per heavy atom. The van der Waals surface area contributed by atoms with Crippen molar-refractivity contribution >= 4 is 25.5 Å². The quantitative estimate of drug-likeness (QED) is 0.0112. The molecule has 0 aromatic carbocycles. The van der Waals surface area contributed by atoms with Crippen molar-refractivity contribution in [3.05, 3.63) is 60.8 Å². The second-order valence-corrected chi connectivity index (χ2v) is 19.3. The normalized spacial score (nSPS) is 13.9. The number of esters is 2. The molecule has 11 heteroatoms. The minimum absolute atomic E-state index is 0.0537. The minimum Gasteiger partial charge on any atom is -0.756 e. The van der Waals surface area contributed by atoms with Crippen molar-refractivity contribution in [2.24, 2.45) is 0 Å². The number of carbonyl (C=O) groups excluding carboxylic acids is 3. The predicted molar refractivity (Wildman–Crippen MR) is 259 cm³/mol. The highest BCUT2D eigenvalue weighted by atomic mass is 31.2. The first-order valence-electron chi connectivity index (χ1n) is 24.9. The van der Waals surface area contributed by atoms with E-state index in [1.165, 1.54) is 96.3 Å². The van der Waals surface area contributed by atoms with Crippen LogP contribution < -0.4 is 4.89 Å². The molecule has 0 fully saturated rings. The predicted octanol–water partition coefficient (Wildman–Crippen LogP) is 13.4. The molecule has 0 saturated carbocycles. The van der Waals surface area contributed by atoms with Crippen LogP contribution in [0.2, 0.25) is 0 Å². The molecular formula is C52H92NO9P. The molecule has 0 aromatic rings. The molecule has 2 atom stereocenters. The summed E-state index contributed by atoms with van der Waals surface area (Å²) in [5.41, 5.74) is 0. The van der Waals surface area contributed by atoms with Gasteiger partial charge in [0.25, 0.3) is 7.82 Å². The summed E-state index contributed by atoms with van der Waals surface area (Å²) in [6.07, 6.45) is 49.5. The summed E-state index contributed by atoms with van der Waals surface area (Å²) in [5.74, 6) is -0.768. The number of ketones is 1. The molecule has 0 spiro atoms. The molecule has 0 N–H and O–H groups in total. The highest BCUT2D eigenvalue weighted by Gasteiger charge is 2.21. The van der Waals surface area contributed by atoms with E-state index in [2.05, 4.69) is 38.2 Å². The Labute approximate surface area is 385 Å². The van der Waals surface area contributed by atoms with E-state index in [4.69, 9.17) is 18.5 Å². The lowest BCUT2D eigenvalue weighted by molar-refractivity contribution is -0.870. The first-order valence-corrected chi connectivity index (χ1v) is 26.4. The van der Waals surface area contributed by atoms with Crippen LogP contribution in [0.5, 0.6) is 0 Å². The maximum Gasteiger partial charge on any atom is 0.306 e. The molecule has 0 amide bonds. The number of hydrogen-bond acceptors (Lipinski definition) is 9. The van der Waals surface area contributed by atoms with Gasteiger partial charge in [-0.15, -0.1) is 0 Å². The number of carbonyl (C=O) groups is 3. The van der Waals surface area contributed by atoms with Crippen LogP contribution in [-0.4, -0.2) is 75.8 Å². The summed E-state index contributed by atoms with van der Waals surface area (Å²) < 4.78 is 33.9. The van der Waals surface area contributed by atoms with E-state index in [9.17, 15) is 23.8 Å². The molecular weight excluding hydrogens is 814 g/mol. The summed E-state index contributed by atoms with van der Waals surface area (Å²) in [5, 5.41) is 0. The number of quaternary nitrogens is 1. The largest absolute Gasteiger partial charge is 0.756 e. The Hall–Kier alpha value is -2.62. The SMILES string of the molecule is CCCCCCCC/C=C\CCCCCCCCCCCCCC(=O)OC[C@H](COP(=O)([O-])OCC[N+](C)(C)C)OC(=O)CCC/C=C\C/C=C\C/C=C\C=C\C(=O)CCCCC. The zero-order valence-corrected chi connectivity index (χ0v) is 41.6. The smallest absolute Gasteiger partial charge is 0.306 e. The van der Waals surface area contributed by atoms with E-state index in [1.54, 1.807) is 12.2 Å². The molecule has 63 heavy (non-hydrogen) atoms. The van der Waals surface area contributed by atoms with Gasteiger partial charge in [0.1, 0.15) is 19.8 Å². The highest BCUT2D eigenvalue weighted by Crippen LogP contribution is 2.38. The van der Waals surface area contributed by atoms with Gasteiger partial charge in [-0.3, -0.25) is 18.9 Å². The number of likely N-dealkylation sites (N-methyl/N-ethyl adjacent to an activating group) is 1. The van der Waals surface area contributed by atoms with Crippen molar-refractivity contribution in [2.75, 3.05) is 47.5 Å². The van der Waals surface area contributed by atoms with E-state index in [0.29, 0.717) is 36.7 Å². The molecule has 0 radical (unpaired) electrons. The van der Waals surface area contributed by atoms with Gasteiger partial charge in [0.15, 0.2) is 11.9 Å². The monoisotopic (exact) mass is 906 g/mol. The topological polar surface area (TPSA) is 128 Å². The van der Waals surface area contributed by atoms with Crippen molar-refractivity contribution < 1.29 is 46.8 Å². The average molecular weight is 906 g/mol. The molecule has 0 bridgehead atoms. The second kappa shape index (κ2) is 43.3. The molecule has 0 saturated heterocycles. The summed E-state index contributed by atoms with van der Waals surface area (Å²) in [6, 6.07) is 0. The number of hydrogen-bond donors (Lipinski definition) is 0. The molecule has 0 heterocycles. The number of phosphoric ester groups is 1. The fraction of sp³-hybridized carbons (Fsp3) is 0.750. The van der Waals surface area contributed by atoms with Crippen molar-refractivity contribution in [1.29, 1.82) is 0 Å². The van der Waals surface area contributed by atoms with E-state index >= 15 is 0 Å². The summed E-state index contributed by atoms with van der Waals surface area (Å²) in [4.78, 5) is 49.4. The van der Waals surface area contributed by atoms with Gasteiger partial charge in [0.2, 0.25) is 0 Å². The van der Waals surface area contributed by atoms with Crippen LogP contribution in [-0.2, 0) is 37.5 Å². The zero-order valence-electron chi connectivity index (χ0n) is 40.8. The fourth-order valence-electron chi connectivity index (χ4n) is 6.54. The molecule has 10 nitrogen and oxygen atoms in total. The van der Waals surface area contributed by atoms with Crippen molar-refractivity contribution in [3.8, 4) is 0 Å². The van der Waals surface area contributed by atoms with Crippen LogP contribution in [0, 0.1) is 0 Å². The minimum atomic E-state index is -4.66. The lowest BCUT2D eigenvalue weighted by atomic mass is 10.0. The van der Waals surface area contributed by atoms with Gasteiger partial charge < -0.3 is 27.9 Å². The summed E-state index contributed by atoms with van der Waals surface area (Å²) in [6.45, 7) is 3.98. The maximum atomic E-state index is 12.7. The molecule has 0 aliphatic carbocycles. The Morgan fingerprint density at radius 3 is 1.62 bits per heavy atom. The van der Waals surface area contributed by atoms with E-state index in [0.717, 1.165) is 51.4 Å². The first-order chi connectivity index (χ1) is 30.4. The number of phosphoric acid groups is 1. The van der Waals surface area contributed by atoms with E-state index in [-0.39, 0.29) is 31.8 Å². The number of nitrogens with zero attached hydrogens (tertiary/aromatic N) is 1. The molecule has 0 aliphatic rings. The van der Waals surface area contributed by atoms with Gasteiger partial charge in [-0.1, -0.05) is 171 Å². The van der Waals surface area contributed by atoms with Gasteiger partial charge >= 0.3 is 11.9 Å². The van der Waals surface area contributed by atoms with Crippen LogP contribution in [0.25, 0.3) is 0 Å². The summed E-state index contributed by atoms with van der Waals surface area (Å²) >= 11 is 0. The third-order valence-corrected chi connectivity index (χ3v) is 11.5. The maximum absolute atomic E-state index is 12.7. The molecule has 364 valence electrons. The zero-order chi connectivity index (χ0) is 46.5. The third kappa shape index (κ3) is 47.2. The van der Waals surface area contributed by atoms with Gasteiger partial charge in [-0.05, 0) is 70.3 Å². The van der Waals surface area contributed by atoms with Crippen LogP contribution in [0.3, 0.4) is 0 Å². The van der Waals surface area contributed by atoms with E-state index < -0.39 is 32.5 Å². The molecule has 1 unspecified atom stereocenters. The lowest BCUT2D eigenvalue weighted by Crippen LogP contribution is -2.37. The van der Waals surface area contributed by atoms with Gasteiger partial charge in [0.05, 0.1) is 27.7 Å². The number of unbranched alkanes of at least 4 members (excludes halogenated alkanes) is 20. The molecule has 0 rings (SSSR count). The highest BCUT2D eigenvalue weighted by molar-refractivity contribution is 7.45. The van der Waals surface area contributed by atoms with Gasteiger partial charge in [-0.2, -0.15) is 0 Å². The van der Waals surface area contributed by atoms with Crippen LogP contribution in [0.1, 0.15) is 200 Å². The Morgan fingerprint density at radius 2 is 1.02 bits per heavy atom. The Balaban J connectivity index is 4.37. The van der Waals surface area contributed by atoms with Gasteiger partial charge in [-0.25, -0.2) is 0 Å². The van der Waals surface area contributed by atoms with Crippen LogP contribution >= 0.6 is 7.82 Å². The second-order valence-electron chi connectivity index (χ2n) is 17.9. The first kappa shape index (κ1) is 60.4. The van der Waals surface area contributed by atoms with E-state index in [1.807, 2.05) is 45.4 Å². The molecule has 0 aliphatic heterocycles. The average Bonchev–Trinajstić information content (AvgIpc) is 3.23. The van der Waals surface area contributed by atoms with Crippen molar-refractivity contribution in [1.82, 2.24) is 0 Å². The summed E-state index contributed by atoms with van der Waals surface area (Å²) in [7, 11) is 1.09. The lowest BCUT2D eigenvalue weighted by Gasteiger charge is -2.28. The van der Waals surface area contributed by atoms with Crippen LogP contribution in [0.15, 0.2) is 60.8 Å². The number of ether oxygens (including phenoxy) is 2. The number of allylic oxidation sites excluding steroid dienone is 10.